The van der Waals surface area contributed by atoms with Gasteiger partial charge in [-0.25, -0.2) is 18.2 Å². The number of ether oxygens (including phenoxy) is 2. The number of nitrogens with one attached hydrogen (secondary N) is 2. The first-order chi connectivity index (χ1) is 15.6. The van der Waals surface area contributed by atoms with Crippen LogP contribution in [-0.2, 0) is 14.6 Å². The van der Waals surface area contributed by atoms with Gasteiger partial charge in [-0.2, -0.15) is 0 Å². The van der Waals surface area contributed by atoms with Crippen LogP contribution in [0, 0.1) is 0 Å². The van der Waals surface area contributed by atoms with Crippen LogP contribution in [-0.4, -0.2) is 61.4 Å². The zero-order valence-corrected chi connectivity index (χ0v) is 19.0. The summed E-state index contributed by atoms with van der Waals surface area (Å²) in [6.07, 6.45) is 2.32. The number of sulfone groups is 1. The standard InChI is InChI=1S/C22H23N3O7S/c1-13(12-26)24-21(27)19-6-5-18(25-19)14-8-15(22(28)31-2)10-17(9-14)32-16-4-7-20(23-11-16)33(3,29)30/h4-11,13,25-26H,12H2,1-3H3,(H,24,27)/t13-/m1/s1. The summed E-state index contributed by atoms with van der Waals surface area (Å²) in [4.78, 5) is 31.3. The molecule has 3 aromatic rings. The summed E-state index contributed by atoms with van der Waals surface area (Å²) in [6, 6.07) is 10.3. The number of carbonyl (C=O) groups is 2. The van der Waals surface area contributed by atoms with Crippen molar-refractivity contribution in [3.05, 3.63) is 59.9 Å². The highest BCUT2D eigenvalue weighted by atomic mass is 32.2. The first-order valence-corrected chi connectivity index (χ1v) is 11.7. The topological polar surface area (TPSA) is 148 Å². The molecule has 0 radical (unpaired) electrons. The van der Waals surface area contributed by atoms with Gasteiger partial charge in [0.2, 0.25) is 0 Å². The molecule has 0 aliphatic heterocycles. The second-order valence-corrected chi connectivity index (χ2v) is 9.25. The number of aliphatic hydroxyl groups is 1. The molecule has 174 valence electrons. The molecule has 0 spiro atoms. The average Bonchev–Trinajstić information content (AvgIpc) is 3.28. The highest BCUT2D eigenvalue weighted by molar-refractivity contribution is 7.90. The number of aromatic amines is 1. The van der Waals surface area contributed by atoms with E-state index < -0.39 is 21.8 Å². The summed E-state index contributed by atoms with van der Waals surface area (Å²) in [5.41, 5.74) is 1.57. The van der Waals surface area contributed by atoms with E-state index in [-0.39, 0.29) is 40.3 Å². The molecule has 0 saturated carbocycles. The Labute approximate surface area is 190 Å². The van der Waals surface area contributed by atoms with Gasteiger partial charge in [0, 0.05) is 23.6 Å². The molecule has 0 unspecified atom stereocenters. The molecule has 0 fully saturated rings. The van der Waals surface area contributed by atoms with Crippen molar-refractivity contribution in [3.8, 4) is 22.8 Å². The van der Waals surface area contributed by atoms with Gasteiger partial charge < -0.3 is 24.9 Å². The first kappa shape index (κ1) is 24.0. The van der Waals surface area contributed by atoms with Crippen LogP contribution >= 0.6 is 0 Å². The highest BCUT2D eigenvalue weighted by Gasteiger charge is 2.16. The van der Waals surface area contributed by atoms with Crippen molar-refractivity contribution < 1.29 is 32.6 Å². The number of nitrogens with zero attached hydrogens (tertiary/aromatic N) is 1. The molecule has 0 aliphatic carbocycles. The Kier molecular flexibility index (Phi) is 7.14. The first-order valence-electron chi connectivity index (χ1n) is 9.79. The normalized spacial score (nSPS) is 12.1. The van der Waals surface area contributed by atoms with Gasteiger partial charge in [-0.15, -0.1) is 0 Å². The van der Waals surface area contributed by atoms with Crippen LogP contribution in [0.4, 0.5) is 0 Å². The molecule has 3 N–H and O–H groups in total. The third-order valence-electron chi connectivity index (χ3n) is 4.55. The van der Waals surface area contributed by atoms with E-state index in [4.69, 9.17) is 14.6 Å². The number of carbonyl (C=O) groups excluding carboxylic acids is 2. The lowest BCUT2D eigenvalue weighted by molar-refractivity contribution is 0.0600. The van der Waals surface area contributed by atoms with E-state index in [1.165, 1.54) is 31.5 Å². The largest absolute Gasteiger partial charge is 0.465 e. The quantitative estimate of drug-likeness (QED) is 0.422. The summed E-state index contributed by atoms with van der Waals surface area (Å²) in [5.74, 6) is -0.440. The molecule has 0 bridgehead atoms. The van der Waals surface area contributed by atoms with Crippen molar-refractivity contribution in [2.75, 3.05) is 20.0 Å². The van der Waals surface area contributed by atoms with Gasteiger partial charge in [0.15, 0.2) is 14.9 Å². The van der Waals surface area contributed by atoms with Crippen LogP contribution in [0.25, 0.3) is 11.3 Å². The summed E-state index contributed by atoms with van der Waals surface area (Å²) in [6.45, 7) is 1.48. The van der Waals surface area contributed by atoms with E-state index in [0.29, 0.717) is 11.3 Å². The van der Waals surface area contributed by atoms with Crippen molar-refractivity contribution in [1.82, 2.24) is 15.3 Å². The fraction of sp³-hybridized carbons (Fsp3) is 0.227. The number of hydrogen-bond donors (Lipinski definition) is 3. The molecule has 1 amide bonds. The van der Waals surface area contributed by atoms with Crippen LogP contribution < -0.4 is 10.1 Å². The number of methoxy groups -OCH3 is 1. The smallest absolute Gasteiger partial charge is 0.338 e. The third kappa shape index (κ3) is 5.96. The number of pyridine rings is 1. The monoisotopic (exact) mass is 473 g/mol. The number of aliphatic hydroxyl groups excluding tert-OH is 1. The number of esters is 1. The average molecular weight is 474 g/mol. The summed E-state index contributed by atoms with van der Waals surface area (Å²) >= 11 is 0. The molecule has 3 rings (SSSR count). The lowest BCUT2D eigenvalue weighted by Crippen LogP contribution is -2.35. The maximum Gasteiger partial charge on any atom is 0.338 e. The van der Waals surface area contributed by atoms with E-state index in [1.54, 1.807) is 31.2 Å². The summed E-state index contributed by atoms with van der Waals surface area (Å²) in [5, 5.41) is 11.7. The lowest BCUT2D eigenvalue weighted by Gasteiger charge is -2.11. The predicted octanol–water partition coefficient (Wildman–Crippen LogP) is 2.17. The van der Waals surface area contributed by atoms with Gasteiger partial charge in [-0.3, -0.25) is 4.79 Å². The van der Waals surface area contributed by atoms with Crippen molar-refractivity contribution in [3.63, 3.8) is 0 Å². The zero-order valence-electron chi connectivity index (χ0n) is 18.2. The SMILES string of the molecule is COC(=O)c1cc(Oc2ccc(S(C)(=O)=O)nc2)cc(-c2ccc(C(=O)N[C@H](C)CO)[nH]2)c1. The van der Waals surface area contributed by atoms with Gasteiger partial charge >= 0.3 is 5.97 Å². The van der Waals surface area contributed by atoms with E-state index in [1.807, 2.05) is 0 Å². The second-order valence-electron chi connectivity index (χ2n) is 7.29. The van der Waals surface area contributed by atoms with Crippen LogP contribution in [0.15, 0.2) is 53.7 Å². The molecule has 10 nitrogen and oxygen atoms in total. The fourth-order valence-corrected chi connectivity index (χ4v) is 3.43. The molecule has 2 aromatic heterocycles. The molecular formula is C22H23N3O7S. The second kappa shape index (κ2) is 9.84. The number of benzene rings is 1. The molecule has 33 heavy (non-hydrogen) atoms. The minimum absolute atomic E-state index is 0.0911. The van der Waals surface area contributed by atoms with Crippen LogP contribution in [0.3, 0.4) is 0 Å². The van der Waals surface area contributed by atoms with Crippen molar-refractivity contribution in [2.24, 2.45) is 0 Å². The van der Waals surface area contributed by atoms with Gasteiger partial charge in [-0.1, -0.05) is 0 Å². The molecule has 1 aromatic carbocycles. The minimum Gasteiger partial charge on any atom is -0.465 e. The molecule has 11 heteroatoms. The predicted molar refractivity (Wildman–Crippen MR) is 119 cm³/mol. The molecule has 0 saturated heterocycles. The van der Waals surface area contributed by atoms with Crippen molar-refractivity contribution in [1.29, 1.82) is 0 Å². The van der Waals surface area contributed by atoms with Crippen molar-refractivity contribution >= 4 is 21.7 Å². The third-order valence-corrected chi connectivity index (χ3v) is 5.55. The van der Waals surface area contributed by atoms with E-state index in [9.17, 15) is 18.0 Å². The van der Waals surface area contributed by atoms with Crippen LogP contribution in [0.1, 0.15) is 27.8 Å². The minimum atomic E-state index is -3.45. The van der Waals surface area contributed by atoms with E-state index >= 15 is 0 Å². The van der Waals surface area contributed by atoms with Gasteiger partial charge in [0.05, 0.1) is 25.5 Å². The Bertz CT molecular complexity index is 1270. The van der Waals surface area contributed by atoms with Gasteiger partial charge in [-0.05, 0) is 49.4 Å². The maximum atomic E-state index is 12.3. The Hall–Kier alpha value is -3.70. The van der Waals surface area contributed by atoms with Crippen LogP contribution in [0.2, 0.25) is 0 Å². The maximum absolute atomic E-state index is 12.3. The molecule has 1 atom stereocenters. The Morgan fingerprint density at radius 3 is 2.52 bits per heavy atom. The molecule has 0 aliphatic rings. The number of amides is 1. The molecule has 2 heterocycles. The Morgan fingerprint density at radius 2 is 1.91 bits per heavy atom. The Morgan fingerprint density at radius 1 is 1.15 bits per heavy atom. The molecular weight excluding hydrogens is 450 g/mol. The van der Waals surface area contributed by atoms with E-state index in [0.717, 1.165) is 6.26 Å². The number of aromatic nitrogens is 2. The van der Waals surface area contributed by atoms with E-state index in [2.05, 4.69) is 15.3 Å². The fourth-order valence-electron chi connectivity index (χ4n) is 2.87. The van der Waals surface area contributed by atoms with Gasteiger partial charge in [0.25, 0.3) is 5.91 Å². The number of rotatable bonds is 8. The summed E-state index contributed by atoms with van der Waals surface area (Å²) in [7, 11) is -2.20. The Balaban J connectivity index is 1.93. The zero-order chi connectivity index (χ0) is 24.2. The van der Waals surface area contributed by atoms with Crippen LogP contribution in [0.5, 0.6) is 11.5 Å². The summed E-state index contributed by atoms with van der Waals surface area (Å²) < 4.78 is 33.8. The number of hydrogen-bond acceptors (Lipinski definition) is 8. The number of H-pyrrole nitrogens is 1. The lowest BCUT2D eigenvalue weighted by atomic mass is 10.1. The van der Waals surface area contributed by atoms with Crippen molar-refractivity contribution in [2.45, 2.75) is 18.0 Å². The van der Waals surface area contributed by atoms with Gasteiger partial charge in [0.1, 0.15) is 17.2 Å². The highest BCUT2D eigenvalue weighted by Crippen LogP contribution is 2.29.